The molecule has 2 rings (SSSR count). The van der Waals surface area contributed by atoms with E-state index in [1.54, 1.807) is 12.1 Å². The molecule has 0 aromatic carbocycles. The molecule has 1 saturated heterocycles. The Morgan fingerprint density at radius 1 is 1.62 bits per heavy atom. The molecule has 2 N–H and O–H groups in total. The molecule has 1 aromatic rings. The maximum Gasteiger partial charge on any atom is 0.252 e. The van der Waals surface area contributed by atoms with E-state index in [4.69, 9.17) is 11.6 Å². The van der Waals surface area contributed by atoms with Gasteiger partial charge in [0.25, 0.3) is 5.91 Å². The van der Waals surface area contributed by atoms with Gasteiger partial charge in [0.05, 0.1) is 5.56 Å². The molecule has 86 valence electrons. The first-order chi connectivity index (χ1) is 7.75. The third kappa shape index (κ3) is 2.93. The molecule has 1 aromatic heterocycles. The summed E-state index contributed by atoms with van der Waals surface area (Å²) in [7, 11) is 0. The number of pyridine rings is 1. The first kappa shape index (κ1) is 11.4. The highest BCUT2D eigenvalue weighted by Crippen LogP contribution is 2.07. The number of amides is 1. The van der Waals surface area contributed by atoms with E-state index in [0.717, 1.165) is 19.5 Å². The SMILES string of the molecule is O=C(NC[C@@H]1CCNC1)c1ccc(Cl)nc1. The third-order valence-corrected chi connectivity index (χ3v) is 2.93. The number of nitrogens with zero attached hydrogens (tertiary/aromatic N) is 1. The molecule has 0 spiro atoms. The van der Waals surface area contributed by atoms with Crippen molar-refractivity contribution in [1.29, 1.82) is 0 Å². The van der Waals surface area contributed by atoms with E-state index in [1.165, 1.54) is 6.20 Å². The smallest absolute Gasteiger partial charge is 0.252 e. The van der Waals surface area contributed by atoms with Crippen molar-refractivity contribution in [2.24, 2.45) is 5.92 Å². The summed E-state index contributed by atoms with van der Waals surface area (Å²) < 4.78 is 0. The molecule has 1 aliphatic heterocycles. The summed E-state index contributed by atoms with van der Waals surface area (Å²) in [4.78, 5) is 15.6. The van der Waals surface area contributed by atoms with Crippen LogP contribution in [0.1, 0.15) is 16.8 Å². The Hall–Kier alpha value is -1.13. The van der Waals surface area contributed by atoms with Gasteiger partial charge in [0.15, 0.2) is 0 Å². The van der Waals surface area contributed by atoms with Gasteiger partial charge in [0, 0.05) is 12.7 Å². The Kier molecular flexibility index (Phi) is 3.74. The lowest BCUT2D eigenvalue weighted by Gasteiger charge is -2.09. The van der Waals surface area contributed by atoms with Gasteiger partial charge in [-0.2, -0.15) is 0 Å². The van der Waals surface area contributed by atoms with E-state index < -0.39 is 0 Å². The van der Waals surface area contributed by atoms with Crippen LogP contribution in [0.4, 0.5) is 0 Å². The lowest BCUT2D eigenvalue weighted by atomic mass is 10.1. The van der Waals surface area contributed by atoms with E-state index in [9.17, 15) is 4.79 Å². The predicted octanol–water partition coefficient (Wildman–Crippen LogP) is 1.07. The Morgan fingerprint density at radius 3 is 3.12 bits per heavy atom. The standard InChI is InChI=1S/C11H14ClN3O/c12-10-2-1-9(7-14-10)11(16)15-6-8-3-4-13-5-8/h1-2,7-8,13H,3-6H2,(H,15,16)/t8-/m1/s1. The van der Waals surface area contributed by atoms with Crippen LogP contribution in [0, 0.1) is 5.92 Å². The fourth-order valence-electron chi connectivity index (χ4n) is 1.74. The quantitative estimate of drug-likeness (QED) is 0.776. The highest BCUT2D eigenvalue weighted by atomic mass is 35.5. The molecule has 1 atom stereocenters. The first-order valence-corrected chi connectivity index (χ1v) is 5.74. The minimum absolute atomic E-state index is 0.0870. The normalized spacial score (nSPS) is 19.7. The lowest BCUT2D eigenvalue weighted by Crippen LogP contribution is -2.30. The van der Waals surface area contributed by atoms with Gasteiger partial charge in [0.1, 0.15) is 5.15 Å². The second-order valence-electron chi connectivity index (χ2n) is 3.94. The number of nitrogens with one attached hydrogen (secondary N) is 2. The van der Waals surface area contributed by atoms with Crippen LogP contribution >= 0.6 is 11.6 Å². The second-order valence-corrected chi connectivity index (χ2v) is 4.33. The molecule has 0 aliphatic carbocycles. The zero-order valence-electron chi connectivity index (χ0n) is 8.87. The number of carbonyl (C=O) groups excluding carboxylic acids is 1. The van der Waals surface area contributed by atoms with Crippen LogP contribution in [-0.4, -0.2) is 30.5 Å². The maximum atomic E-state index is 11.7. The minimum atomic E-state index is -0.0870. The van der Waals surface area contributed by atoms with Crippen molar-refractivity contribution in [1.82, 2.24) is 15.6 Å². The monoisotopic (exact) mass is 239 g/mol. The molecular formula is C11H14ClN3O. The van der Waals surface area contributed by atoms with Crippen molar-refractivity contribution in [2.75, 3.05) is 19.6 Å². The summed E-state index contributed by atoms with van der Waals surface area (Å²) in [5.41, 5.74) is 0.551. The van der Waals surface area contributed by atoms with Crippen molar-refractivity contribution in [3.63, 3.8) is 0 Å². The van der Waals surface area contributed by atoms with Crippen LogP contribution in [0.5, 0.6) is 0 Å². The summed E-state index contributed by atoms with van der Waals surface area (Å²) in [6.07, 6.45) is 2.61. The molecule has 1 aliphatic rings. The number of hydrogen-bond donors (Lipinski definition) is 2. The summed E-state index contributed by atoms with van der Waals surface area (Å²) in [5, 5.41) is 6.56. The topological polar surface area (TPSA) is 54.0 Å². The fraction of sp³-hybridized carbons (Fsp3) is 0.455. The van der Waals surface area contributed by atoms with E-state index >= 15 is 0 Å². The molecule has 0 bridgehead atoms. The zero-order valence-corrected chi connectivity index (χ0v) is 9.63. The molecule has 4 nitrogen and oxygen atoms in total. The van der Waals surface area contributed by atoms with Gasteiger partial charge in [-0.3, -0.25) is 4.79 Å². The molecule has 0 saturated carbocycles. The van der Waals surface area contributed by atoms with Crippen molar-refractivity contribution >= 4 is 17.5 Å². The number of halogens is 1. The van der Waals surface area contributed by atoms with Crippen LogP contribution in [-0.2, 0) is 0 Å². The van der Waals surface area contributed by atoms with Gasteiger partial charge in [-0.1, -0.05) is 11.6 Å². The molecule has 1 amide bonds. The van der Waals surface area contributed by atoms with Crippen LogP contribution in [0.3, 0.4) is 0 Å². The number of rotatable bonds is 3. The van der Waals surface area contributed by atoms with Crippen LogP contribution in [0.25, 0.3) is 0 Å². The van der Waals surface area contributed by atoms with E-state index in [1.807, 2.05) is 0 Å². The molecular weight excluding hydrogens is 226 g/mol. The van der Waals surface area contributed by atoms with Crippen molar-refractivity contribution in [3.05, 3.63) is 29.0 Å². The Morgan fingerprint density at radius 2 is 2.50 bits per heavy atom. The lowest BCUT2D eigenvalue weighted by molar-refractivity contribution is 0.0948. The van der Waals surface area contributed by atoms with Gasteiger partial charge in [0.2, 0.25) is 0 Å². The molecule has 5 heteroatoms. The minimum Gasteiger partial charge on any atom is -0.352 e. The highest BCUT2D eigenvalue weighted by molar-refractivity contribution is 6.29. The van der Waals surface area contributed by atoms with Gasteiger partial charge < -0.3 is 10.6 Å². The van der Waals surface area contributed by atoms with Crippen LogP contribution < -0.4 is 10.6 Å². The average Bonchev–Trinajstić information content (AvgIpc) is 2.80. The zero-order chi connectivity index (χ0) is 11.4. The average molecular weight is 240 g/mol. The number of aromatic nitrogens is 1. The summed E-state index contributed by atoms with van der Waals surface area (Å²) >= 11 is 5.65. The highest BCUT2D eigenvalue weighted by Gasteiger charge is 2.15. The molecule has 1 fully saturated rings. The first-order valence-electron chi connectivity index (χ1n) is 5.36. The van der Waals surface area contributed by atoms with Gasteiger partial charge in [-0.25, -0.2) is 4.98 Å². The van der Waals surface area contributed by atoms with E-state index in [0.29, 0.717) is 23.2 Å². The molecule has 2 heterocycles. The Bertz CT molecular complexity index is 360. The van der Waals surface area contributed by atoms with Crippen LogP contribution in [0.2, 0.25) is 5.15 Å². The number of hydrogen-bond acceptors (Lipinski definition) is 3. The van der Waals surface area contributed by atoms with Gasteiger partial charge in [-0.05, 0) is 37.6 Å². The number of carbonyl (C=O) groups is 1. The summed E-state index contributed by atoms with van der Waals surface area (Å²) in [5.74, 6) is 0.459. The molecule has 0 radical (unpaired) electrons. The Balaban J connectivity index is 1.85. The van der Waals surface area contributed by atoms with Crippen molar-refractivity contribution in [3.8, 4) is 0 Å². The van der Waals surface area contributed by atoms with E-state index in [-0.39, 0.29) is 5.91 Å². The van der Waals surface area contributed by atoms with E-state index in [2.05, 4.69) is 15.6 Å². The third-order valence-electron chi connectivity index (χ3n) is 2.70. The second kappa shape index (κ2) is 5.27. The maximum absolute atomic E-state index is 11.7. The van der Waals surface area contributed by atoms with Gasteiger partial charge in [-0.15, -0.1) is 0 Å². The fourth-order valence-corrected chi connectivity index (χ4v) is 1.85. The van der Waals surface area contributed by atoms with Crippen LogP contribution in [0.15, 0.2) is 18.3 Å². The van der Waals surface area contributed by atoms with Crippen molar-refractivity contribution in [2.45, 2.75) is 6.42 Å². The summed E-state index contributed by atoms with van der Waals surface area (Å²) in [6, 6.07) is 3.30. The largest absolute Gasteiger partial charge is 0.352 e. The molecule has 0 unspecified atom stereocenters. The van der Waals surface area contributed by atoms with Crippen molar-refractivity contribution < 1.29 is 4.79 Å². The summed E-state index contributed by atoms with van der Waals surface area (Å²) in [6.45, 7) is 2.75. The Labute approximate surface area is 99.4 Å². The van der Waals surface area contributed by atoms with Gasteiger partial charge >= 0.3 is 0 Å². The molecule has 16 heavy (non-hydrogen) atoms. The predicted molar refractivity (Wildman–Crippen MR) is 62.6 cm³/mol.